The van der Waals surface area contributed by atoms with Gasteiger partial charge >= 0.3 is 12.2 Å². The lowest BCUT2D eigenvalue weighted by atomic mass is 10.2. The van der Waals surface area contributed by atoms with E-state index in [9.17, 15) is 18.0 Å². The number of benzene rings is 3. The van der Waals surface area contributed by atoms with Gasteiger partial charge in [0.05, 0.1) is 40.4 Å². The summed E-state index contributed by atoms with van der Waals surface area (Å²) in [7, 11) is 0. The smallest absolute Gasteiger partial charge is 0.417 e. The SMILES string of the molecule is Nc1cc2c(Oc3ccc(NC(=O)Nc4ccc(Cl)c(C(F)(F)F)c4)cc3)ncnc2cc1OCCN1CCOCC1. The van der Waals surface area contributed by atoms with Gasteiger partial charge in [0, 0.05) is 37.1 Å². The third-order valence-corrected chi connectivity index (χ3v) is 6.69. The van der Waals surface area contributed by atoms with E-state index in [1.165, 1.54) is 12.4 Å². The number of rotatable bonds is 8. The molecule has 1 aromatic heterocycles. The number of nitrogens with zero attached hydrogens (tertiary/aromatic N) is 3. The molecule has 10 nitrogen and oxygen atoms in total. The summed E-state index contributed by atoms with van der Waals surface area (Å²) in [6, 6.07) is 12.1. The number of hydrogen-bond donors (Lipinski definition) is 3. The summed E-state index contributed by atoms with van der Waals surface area (Å²) in [5.41, 5.74) is 6.51. The topological polar surface area (TPSA) is 124 Å². The van der Waals surface area contributed by atoms with Crippen LogP contribution in [0.5, 0.6) is 17.4 Å². The van der Waals surface area contributed by atoms with Gasteiger partial charge in [-0.15, -0.1) is 0 Å². The molecule has 1 aliphatic heterocycles. The minimum atomic E-state index is -4.65. The summed E-state index contributed by atoms with van der Waals surface area (Å²) in [6.07, 6.45) is -3.28. The maximum Gasteiger partial charge on any atom is 0.417 e. The second kappa shape index (κ2) is 12.7. The van der Waals surface area contributed by atoms with Crippen LogP contribution in [-0.4, -0.2) is 60.4 Å². The van der Waals surface area contributed by atoms with E-state index in [1.807, 2.05) is 0 Å². The van der Waals surface area contributed by atoms with Crippen LogP contribution in [-0.2, 0) is 10.9 Å². The van der Waals surface area contributed by atoms with E-state index in [2.05, 4.69) is 25.5 Å². The number of nitrogen functional groups attached to an aromatic ring is 1. The van der Waals surface area contributed by atoms with Crippen LogP contribution in [0.3, 0.4) is 0 Å². The van der Waals surface area contributed by atoms with Crippen molar-refractivity contribution in [2.24, 2.45) is 0 Å². The van der Waals surface area contributed by atoms with Crippen molar-refractivity contribution >= 4 is 45.6 Å². The van der Waals surface area contributed by atoms with Gasteiger partial charge < -0.3 is 30.6 Å². The number of alkyl halides is 3. The molecule has 2 amide bonds. The van der Waals surface area contributed by atoms with Crippen LogP contribution in [0.15, 0.2) is 60.9 Å². The van der Waals surface area contributed by atoms with Gasteiger partial charge in [0.25, 0.3) is 0 Å². The van der Waals surface area contributed by atoms with Crippen molar-refractivity contribution < 1.29 is 32.2 Å². The molecule has 220 valence electrons. The normalized spacial score (nSPS) is 14.0. The van der Waals surface area contributed by atoms with Gasteiger partial charge in [-0.2, -0.15) is 13.2 Å². The Morgan fingerprint density at radius 3 is 2.48 bits per heavy atom. The van der Waals surface area contributed by atoms with Crippen molar-refractivity contribution in [2.45, 2.75) is 6.18 Å². The monoisotopic (exact) mass is 602 g/mol. The molecule has 4 aromatic rings. The number of anilines is 3. The number of aromatic nitrogens is 2. The number of fused-ring (bicyclic) bond motifs is 1. The predicted molar refractivity (Wildman–Crippen MR) is 152 cm³/mol. The number of ether oxygens (including phenoxy) is 3. The van der Waals surface area contributed by atoms with E-state index in [0.717, 1.165) is 31.8 Å². The summed E-state index contributed by atoms with van der Waals surface area (Å²) in [5, 5.41) is 5.03. The molecule has 0 radical (unpaired) electrons. The first kappa shape index (κ1) is 29.2. The fourth-order valence-corrected chi connectivity index (χ4v) is 4.45. The molecule has 0 aliphatic carbocycles. The quantitative estimate of drug-likeness (QED) is 0.209. The summed E-state index contributed by atoms with van der Waals surface area (Å²) in [5.74, 6) is 1.20. The van der Waals surface area contributed by atoms with Gasteiger partial charge in [-0.3, -0.25) is 4.90 Å². The number of amides is 2. The highest BCUT2D eigenvalue weighted by Gasteiger charge is 2.33. The third-order valence-electron chi connectivity index (χ3n) is 6.36. The number of urea groups is 1. The molecule has 4 N–H and O–H groups in total. The van der Waals surface area contributed by atoms with Crippen molar-refractivity contribution in [1.29, 1.82) is 0 Å². The van der Waals surface area contributed by atoms with Crippen molar-refractivity contribution in [3.8, 4) is 17.4 Å². The number of morpholine rings is 1. The van der Waals surface area contributed by atoms with Crippen LogP contribution in [0.2, 0.25) is 5.02 Å². The second-order valence-electron chi connectivity index (χ2n) is 9.29. The minimum Gasteiger partial charge on any atom is -0.490 e. The van der Waals surface area contributed by atoms with Crippen molar-refractivity contribution in [3.63, 3.8) is 0 Å². The van der Waals surface area contributed by atoms with Crippen LogP contribution in [0, 0.1) is 0 Å². The Morgan fingerprint density at radius 2 is 1.74 bits per heavy atom. The lowest BCUT2D eigenvalue weighted by molar-refractivity contribution is -0.137. The van der Waals surface area contributed by atoms with Gasteiger partial charge in [0.2, 0.25) is 5.88 Å². The van der Waals surface area contributed by atoms with E-state index >= 15 is 0 Å². The maximum atomic E-state index is 13.1. The molecule has 1 saturated heterocycles. The zero-order valence-corrected chi connectivity index (χ0v) is 22.8. The standard InChI is InChI=1S/C28H26ClF3N6O4/c29-22-6-3-18(13-21(22)28(30,31)32)37-27(39)36-17-1-4-19(5-2-17)42-26-20-14-23(33)25(15-24(20)34-16-35-26)41-12-9-38-7-10-40-11-8-38/h1-6,13-16H,7-12,33H2,(H2,36,37,39). The molecular weight excluding hydrogens is 577 g/mol. The van der Waals surface area contributed by atoms with E-state index in [-0.39, 0.29) is 11.6 Å². The van der Waals surface area contributed by atoms with Crippen LogP contribution < -0.4 is 25.8 Å². The number of carbonyl (C=O) groups excluding carboxylic acids is 1. The van der Waals surface area contributed by atoms with Gasteiger partial charge in [0.15, 0.2) is 0 Å². The zero-order valence-electron chi connectivity index (χ0n) is 22.1. The summed E-state index contributed by atoms with van der Waals surface area (Å²) >= 11 is 5.63. The Labute approximate surface area is 243 Å². The number of nitrogens with two attached hydrogens (primary N) is 1. The van der Waals surface area contributed by atoms with Crippen LogP contribution >= 0.6 is 11.6 Å². The molecule has 0 bridgehead atoms. The Hall–Kier alpha value is -4.33. The fraction of sp³-hybridized carbons (Fsp3) is 0.250. The first-order chi connectivity index (χ1) is 20.2. The Morgan fingerprint density at radius 1 is 1.02 bits per heavy atom. The van der Waals surface area contributed by atoms with E-state index < -0.39 is 22.8 Å². The number of carbonyl (C=O) groups is 1. The molecule has 2 heterocycles. The molecule has 0 atom stereocenters. The summed E-state index contributed by atoms with van der Waals surface area (Å²) < 4.78 is 56.5. The molecule has 42 heavy (non-hydrogen) atoms. The van der Waals surface area contributed by atoms with Crippen LogP contribution in [0.4, 0.5) is 35.0 Å². The molecule has 5 rings (SSSR count). The molecule has 14 heteroatoms. The Bertz CT molecular complexity index is 1570. The maximum absolute atomic E-state index is 13.1. The molecule has 0 spiro atoms. The van der Waals surface area contributed by atoms with Gasteiger partial charge in [0.1, 0.15) is 24.4 Å². The average molecular weight is 603 g/mol. The second-order valence-corrected chi connectivity index (χ2v) is 9.69. The predicted octanol–water partition coefficient (Wildman–Crippen LogP) is 6.03. The number of hydrogen-bond acceptors (Lipinski definition) is 8. The zero-order chi connectivity index (χ0) is 29.7. The molecule has 0 saturated carbocycles. The minimum absolute atomic E-state index is 0.0650. The van der Waals surface area contributed by atoms with Crippen molar-refractivity contribution in [2.75, 3.05) is 55.8 Å². The van der Waals surface area contributed by atoms with E-state index in [1.54, 1.807) is 36.4 Å². The molecular formula is C28H26ClF3N6O4. The first-order valence-electron chi connectivity index (χ1n) is 12.9. The molecule has 1 fully saturated rings. The molecule has 3 aromatic carbocycles. The third kappa shape index (κ3) is 7.29. The highest BCUT2D eigenvalue weighted by Crippen LogP contribution is 2.36. The number of nitrogens with one attached hydrogen (secondary N) is 2. The largest absolute Gasteiger partial charge is 0.490 e. The highest BCUT2D eigenvalue weighted by molar-refractivity contribution is 6.31. The summed E-state index contributed by atoms with van der Waals surface area (Å²) in [6.45, 7) is 4.38. The lowest BCUT2D eigenvalue weighted by Crippen LogP contribution is -2.38. The van der Waals surface area contributed by atoms with Crippen LogP contribution in [0.25, 0.3) is 10.9 Å². The Kier molecular flexibility index (Phi) is 8.80. The van der Waals surface area contributed by atoms with E-state index in [4.69, 9.17) is 31.5 Å². The highest BCUT2D eigenvalue weighted by atomic mass is 35.5. The average Bonchev–Trinajstić information content (AvgIpc) is 2.96. The molecule has 0 unspecified atom stereocenters. The Balaban J connectivity index is 1.20. The lowest BCUT2D eigenvalue weighted by Gasteiger charge is -2.26. The summed E-state index contributed by atoms with van der Waals surface area (Å²) in [4.78, 5) is 23.1. The molecule has 1 aliphatic rings. The number of halogens is 4. The van der Waals surface area contributed by atoms with Gasteiger partial charge in [-0.1, -0.05) is 11.6 Å². The first-order valence-corrected chi connectivity index (χ1v) is 13.2. The van der Waals surface area contributed by atoms with E-state index in [0.29, 0.717) is 53.6 Å². The van der Waals surface area contributed by atoms with Crippen molar-refractivity contribution in [3.05, 3.63) is 71.5 Å². The van der Waals surface area contributed by atoms with Gasteiger partial charge in [-0.05, 0) is 48.5 Å². The van der Waals surface area contributed by atoms with Crippen molar-refractivity contribution in [1.82, 2.24) is 14.9 Å². The fourth-order valence-electron chi connectivity index (χ4n) is 4.22. The van der Waals surface area contributed by atoms with Gasteiger partial charge in [-0.25, -0.2) is 14.8 Å². The van der Waals surface area contributed by atoms with Crippen LogP contribution in [0.1, 0.15) is 5.56 Å².